The van der Waals surface area contributed by atoms with Crippen LogP contribution in [0.4, 0.5) is 5.82 Å². The zero-order valence-electron chi connectivity index (χ0n) is 19.5. The van der Waals surface area contributed by atoms with E-state index in [4.69, 9.17) is 5.73 Å². The van der Waals surface area contributed by atoms with Gasteiger partial charge in [0.2, 0.25) is 5.91 Å². The van der Waals surface area contributed by atoms with Crippen LogP contribution in [0.15, 0.2) is 54.7 Å². The summed E-state index contributed by atoms with van der Waals surface area (Å²) in [6.07, 6.45) is 4.03. The number of carbonyl (C=O) groups excluding carboxylic acids is 1. The largest absolute Gasteiger partial charge is 0.372 e. The number of carbonyl (C=O) groups is 1. The smallest absolute Gasteiger partial charge is 0.248 e. The molecule has 0 saturated carbocycles. The molecular weight excluding hydrogens is 426 g/mol. The van der Waals surface area contributed by atoms with Crippen molar-refractivity contribution >= 4 is 22.8 Å². The first-order valence-corrected chi connectivity index (χ1v) is 11.6. The Kier molecular flexibility index (Phi) is 5.98. The molecule has 3 N–H and O–H groups in total. The molecule has 8 nitrogen and oxygen atoms in total. The summed E-state index contributed by atoms with van der Waals surface area (Å²) in [4.78, 5) is 18.5. The van der Waals surface area contributed by atoms with Gasteiger partial charge in [0, 0.05) is 49.0 Å². The molecule has 5 rings (SSSR count). The van der Waals surface area contributed by atoms with Crippen molar-refractivity contribution in [1.29, 1.82) is 0 Å². The summed E-state index contributed by atoms with van der Waals surface area (Å²) < 4.78 is 2.18. The average Bonchev–Trinajstić information content (AvgIpc) is 3.20. The molecule has 0 aliphatic carbocycles. The third-order valence-corrected chi connectivity index (χ3v) is 6.86. The Morgan fingerprint density at radius 2 is 1.85 bits per heavy atom. The lowest BCUT2D eigenvalue weighted by Crippen LogP contribution is -2.33. The molecule has 174 valence electrons. The number of aryl methyl sites for hydroxylation is 1. The Labute approximate surface area is 198 Å². The molecule has 1 saturated heterocycles. The van der Waals surface area contributed by atoms with Gasteiger partial charge in [-0.3, -0.25) is 9.69 Å². The number of nitrogens with zero attached hydrogens (tertiary/aromatic N) is 5. The average molecular weight is 456 g/mol. The summed E-state index contributed by atoms with van der Waals surface area (Å²) in [6, 6.07) is 15.9. The zero-order valence-corrected chi connectivity index (χ0v) is 19.5. The highest BCUT2D eigenvalue weighted by atomic mass is 16.1. The Hall–Kier alpha value is -3.78. The van der Waals surface area contributed by atoms with Gasteiger partial charge >= 0.3 is 0 Å². The number of piperidine rings is 1. The van der Waals surface area contributed by atoms with E-state index in [1.165, 1.54) is 11.3 Å². The second-order valence-electron chi connectivity index (χ2n) is 8.88. The molecule has 1 aromatic carbocycles. The number of hydrogen-bond acceptors (Lipinski definition) is 6. The van der Waals surface area contributed by atoms with Crippen LogP contribution < -0.4 is 11.1 Å². The number of aromatic nitrogens is 4. The van der Waals surface area contributed by atoms with Gasteiger partial charge in [-0.05, 0) is 73.8 Å². The van der Waals surface area contributed by atoms with Gasteiger partial charge in [-0.25, -0.2) is 4.98 Å². The van der Waals surface area contributed by atoms with Crippen molar-refractivity contribution in [2.75, 3.05) is 25.5 Å². The normalized spacial score (nSPS) is 15.0. The summed E-state index contributed by atoms with van der Waals surface area (Å²) in [5, 5.41) is 12.7. The van der Waals surface area contributed by atoms with Gasteiger partial charge in [-0.1, -0.05) is 12.1 Å². The maximum Gasteiger partial charge on any atom is 0.248 e. The van der Waals surface area contributed by atoms with Crippen molar-refractivity contribution in [1.82, 2.24) is 24.6 Å². The van der Waals surface area contributed by atoms with Crippen LogP contribution in [-0.4, -0.2) is 50.7 Å². The molecule has 4 heterocycles. The number of nitrogens with one attached hydrogen (secondary N) is 1. The van der Waals surface area contributed by atoms with E-state index in [0.717, 1.165) is 60.6 Å². The lowest BCUT2D eigenvalue weighted by molar-refractivity contribution is 0.1000. The number of pyridine rings is 1. The first-order valence-electron chi connectivity index (χ1n) is 11.6. The number of amides is 1. The lowest BCUT2D eigenvalue weighted by atomic mass is 9.89. The minimum Gasteiger partial charge on any atom is -0.372 e. The standard InChI is InChI=1S/C26H29N7O/c1-28-24-8-7-23(30-31-24)21-9-12-29-26-22(21)15-20(32(26)2)16-33-13-10-18(11-14-33)17-3-5-19(6-4-17)25(27)34/h3-9,12,15,18H,10-11,13-14,16H2,1-2H3,(H2,27,34)(H,28,31). The molecule has 8 heteroatoms. The predicted molar refractivity (Wildman–Crippen MR) is 133 cm³/mol. The molecule has 0 atom stereocenters. The van der Waals surface area contributed by atoms with E-state index >= 15 is 0 Å². The fraction of sp³-hybridized carbons (Fsp3) is 0.308. The van der Waals surface area contributed by atoms with Crippen LogP contribution in [0, 0.1) is 0 Å². The van der Waals surface area contributed by atoms with Crippen molar-refractivity contribution in [3.63, 3.8) is 0 Å². The maximum absolute atomic E-state index is 11.3. The SMILES string of the molecule is CNc1ccc(-c2ccnc3c2cc(CN2CCC(c4ccc(C(N)=O)cc4)CC2)n3C)nn1. The lowest BCUT2D eigenvalue weighted by Gasteiger charge is -2.32. The predicted octanol–water partition coefficient (Wildman–Crippen LogP) is 3.55. The Morgan fingerprint density at radius 1 is 1.09 bits per heavy atom. The van der Waals surface area contributed by atoms with Crippen LogP contribution in [0.5, 0.6) is 0 Å². The third-order valence-electron chi connectivity index (χ3n) is 6.86. The summed E-state index contributed by atoms with van der Waals surface area (Å²) >= 11 is 0. The second-order valence-corrected chi connectivity index (χ2v) is 8.88. The van der Waals surface area contributed by atoms with E-state index in [1.807, 2.05) is 55.7 Å². The fourth-order valence-corrected chi connectivity index (χ4v) is 4.83. The minimum atomic E-state index is -0.379. The summed E-state index contributed by atoms with van der Waals surface area (Å²) in [5.41, 5.74) is 11.3. The summed E-state index contributed by atoms with van der Waals surface area (Å²) in [6.45, 7) is 2.94. The topological polar surface area (TPSA) is 102 Å². The van der Waals surface area contributed by atoms with Gasteiger partial charge in [-0.15, -0.1) is 10.2 Å². The molecule has 0 bridgehead atoms. The quantitative estimate of drug-likeness (QED) is 0.461. The molecule has 1 aliphatic heterocycles. The first-order chi connectivity index (χ1) is 16.5. The molecule has 1 amide bonds. The van der Waals surface area contributed by atoms with E-state index < -0.39 is 0 Å². The van der Waals surface area contributed by atoms with Gasteiger partial charge in [-0.2, -0.15) is 0 Å². The van der Waals surface area contributed by atoms with Crippen LogP contribution in [0.25, 0.3) is 22.3 Å². The highest BCUT2D eigenvalue weighted by molar-refractivity contribution is 5.93. The Morgan fingerprint density at radius 3 is 2.50 bits per heavy atom. The highest BCUT2D eigenvalue weighted by Crippen LogP contribution is 2.31. The van der Waals surface area contributed by atoms with Gasteiger partial charge in [0.05, 0.1) is 5.69 Å². The Balaban J connectivity index is 1.31. The number of rotatable bonds is 6. The van der Waals surface area contributed by atoms with Crippen molar-refractivity contribution in [2.24, 2.45) is 12.8 Å². The number of fused-ring (bicyclic) bond motifs is 1. The molecule has 4 aromatic rings. The maximum atomic E-state index is 11.3. The van der Waals surface area contributed by atoms with E-state index in [1.54, 1.807) is 0 Å². The van der Waals surface area contributed by atoms with E-state index in [-0.39, 0.29) is 5.91 Å². The molecule has 0 radical (unpaired) electrons. The van der Waals surface area contributed by atoms with Gasteiger partial charge in [0.1, 0.15) is 11.5 Å². The number of benzene rings is 1. The molecule has 0 spiro atoms. The molecule has 3 aromatic heterocycles. The molecule has 0 unspecified atom stereocenters. The monoisotopic (exact) mass is 455 g/mol. The van der Waals surface area contributed by atoms with Crippen LogP contribution in [0.1, 0.15) is 40.4 Å². The number of primary amides is 1. The third kappa shape index (κ3) is 4.24. The summed E-state index contributed by atoms with van der Waals surface area (Å²) in [7, 11) is 3.91. The molecule has 1 fully saturated rings. The number of nitrogens with two attached hydrogens (primary N) is 1. The number of likely N-dealkylation sites (tertiary alicyclic amines) is 1. The van der Waals surface area contributed by atoms with Crippen molar-refractivity contribution in [3.8, 4) is 11.3 Å². The highest BCUT2D eigenvalue weighted by Gasteiger charge is 2.22. The summed E-state index contributed by atoms with van der Waals surface area (Å²) in [5.74, 6) is 0.879. The van der Waals surface area contributed by atoms with Crippen LogP contribution >= 0.6 is 0 Å². The van der Waals surface area contributed by atoms with Crippen LogP contribution in [-0.2, 0) is 13.6 Å². The van der Waals surface area contributed by atoms with E-state index in [0.29, 0.717) is 11.5 Å². The fourth-order valence-electron chi connectivity index (χ4n) is 4.83. The molecule has 34 heavy (non-hydrogen) atoms. The first kappa shape index (κ1) is 22.0. The van der Waals surface area contributed by atoms with Crippen LogP contribution in [0.3, 0.4) is 0 Å². The van der Waals surface area contributed by atoms with Crippen molar-refractivity contribution < 1.29 is 4.79 Å². The van der Waals surface area contributed by atoms with E-state index in [9.17, 15) is 4.79 Å². The van der Waals surface area contributed by atoms with Crippen LogP contribution in [0.2, 0.25) is 0 Å². The minimum absolute atomic E-state index is 0.379. The Bertz CT molecular complexity index is 1300. The van der Waals surface area contributed by atoms with Crippen molar-refractivity contribution in [2.45, 2.75) is 25.3 Å². The van der Waals surface area contributed by atoms with Gasteiger partial charge in [0.25, 0.3) is 0 Å². The zero-order chi connectivity index (χ0) is 23.7. The van der Waals surface area contributed by atoms with Gasteiger partial charge in [0.15, 0.2) is 0 Å². The second kappa shape index (κ2) is 9.23. The molecular formula is C26H29N7O. The van der Waals surface area contributed by atoms with Crippen molar-refractivity contribution in [3.05, 3.63) is 71.5 Å². The van der Waals surface area contributed by atoms with E-state index in [2.05, 4.69) is 43.1 Å². The van der Waals surface area contributed by atoms with Gasteiger partial charge < -0.3 is 15.6 Å². The number of hydrogen-bond donors (Lipinski definition) is 2. The number of anilines is 1. The molecule has 1 aliphatic rings.